The molecule has 7 heteroatoms. The van der Waals surface area contributed by atoms with Crippen molar-refractivity contribution >= 4 is 16.0 Å². The van der Waals surface area contributed by atoms with Gasteiger partial charge in [0.05, 0.1) is 5.75 Å². The van der Waals surface area contributed by atoms with Crippen molar-refractivity contribution in [3.63, 3.8) is 0 Å². The largest absolute Gasteiger partial charge is 0.355 e. The van der Waals surface area contributed by atoms with Gasteiger partial charge in [0.2, 0.25) is 10.0 Å². The first kappa shape index (κ1) is 17.7. The number of nitrogens with zero attached hydrogens (tertiary/aromatic N) is 2. The Morgan fingerprint density at radius 2 is 2.04 bits per heavy atom. The van der Waals surface area contributed by atoms with E-state index in [0.29, 0.717) is 19.0 Å². The van der Waals surface area contributed by atoms with Gasteiger partial charge >= 0.3 is 0 Å². The molecule has 0 aliphatic carbocycles. The molecule has 0 aromatic heterocycles. The van der Waals surface area contributed by atoms with Gasteiger partial charge in [-0.15, -0.1) is 0 Å². The lowest BCUT2D eigenvalue weighted by Gasteiger charge is -2.22. The Labute approximate surface area is 139 Å². The van der Waals surface area contributed by atoms with Gasteiger partial charge in [-0.1, -0.05) is 30.3 Å². The van der Waals surface area contributed by atoms with Crippen molar-refractivity contribution in [3.8, 4) is 0 Å². The molecule has 2 N–H and O–H groups in total. The van der Waals surface area contributed by atoms with Crippen LogP contribution in [-0.2, 0) is 10.0 Å². The van der Waals surface area contributed by atoms with Crippen LogP contribution in [0.2, 0.25) is 0 Å². The Bertz CT molecular complexity index is 616. The zero-order chi connectivity index (χ0) is 16.7. The number of rotatable bonds is 6. The van der Waals surface area contributed by atoms with E-state index in [0.717, 1.165) is 25.5 Å². The molecule has 2 rings (SSSR count). The fourth-order valence-electron chi connectivity index (χ4n) is 2.77. The lowest BCUT2D eigenvalue weighted by atomic mass is 9.99. The Morgan fingerprint density at radius 3 is 2.70 bits per heavy atom. The van der Waals surface area contributed by atoms with E-state index in [2.05, 4.69) is 44.2 Å². The molecule has 1 aromatic carbocycles. The maximum atomic E-state index is 11.4. The van der Waals surface area contributed by atoms with E-state index in [1.54, 1.807) is 14.0 Å². The Morgan fingerprint density at radius 1 is 1.30 bits per heavy atom. The van der Waals surface area contributed by atoms with E-state index < -0.39 is 10.0 Å². The first-order chi connectivity index (χ1) is 11.1. The summed E-state index contributed by atoms with van der Waals surface area (Å²) in [7, 11) is -1.37. The van der Waals surface area contributed by atoms with Gasteiger partial charge in [-0.2, -0.15) is 0 Å². The number of hydrogen-bond donors (Lipinski definition) is 2. The monoisotopic (exact) mass is 338 g/mol. The quantitative estimate of drug-likeness (QED) is 0.461. The number of likely N-dealkylation sites (tertiary alicyclic amines) is 1. The third-order valence-electron chi connectivity index (χ3n) is 4.08. The zero-order valence-corrected chi connectivity index (χ0v) is 14.6. The van der Waals surface area contributed by atoms with Crippen LogP contribution in [0.4, 0.5) is 0 Å². The van der Waals surface area contributed by atoms with Gasteiger partial charge in [-0.05, 0) is 18.9 Å². The highest BCUT2D eigenvalue weighted by atomic mass is 32.2. The van der Waals surface area contributed by atoms with Gasteiger partial charge in [0.15, 0.2) is 5.96 Å². The van der Waals surface area contributed by atoms with Crippen LogP contribution in [0.15, 0.2) is 35.3 Å². The Balaban J connectivity index is 1.81. The fraction of sp³-hybridized carbons (Fsp3) is 0.562. The van der Waals surface area contributed by atoms with Crippen LogP contribution >= 0.6 is 0 Å². The molecule has 0 saturated carbocycles. The minimum Gasteiger partial charge on any atom is -0.355 e. The van der Waals surface area contributed by atoms with Crippen molar-refractivity contribution in [2.75, 3.05) is 39.0 Å². The molecule has 128 valence electrons. The second-order valence-electron chi connectivity index (χ2n) is 5.61. The molecule has 23 heavy (non-hydrogen) atoms. The first-order valence-corrected chi connectivity index (χ1v) is 9.69. The number of benzene rings is 1. The van der Waals surface area contributed by atoms with Gasteiger partial charge in [-0.25, -0.2) is 13.1 Å². The first-order valence-electron chi connectivity index (χ1n) is 8.03. The Hall–Kier alpha value is -1.60. The van der Waals surface area contributed by atoms with E-state index in [9.17, 15) is 8.42 Å². The summed E-state index contributed by atoms with van der Waals surface area (Å²) >= 11 is 0. The van der Waals surface area contributed by atoms with Crippen LogP contribution in [0.1, 0.15) is 24.8 Å². The second kappa shape index (κ2) is 8.31. The van der Waals surface area contributed by atoms with Crippen molar-refractivity contribution in [3.05, 3.63) is 35.9 Å². The molecule has 0 bridgehead atoms. The highest BCUT2D eigenvalue weighted by molar-refractivity contribution is 7.89. The molecule has 1 atom stereocenters. The maximum Gasteiger partial charge on any atom is 0.211 e. The van der Waals surface area contributed by atoms with Crippen LogP contribution in [0.5, 0.6) is 0 Å². The molecule has 1 unspecified atom stereocenters. The van der Waals surface area contributed by atoms with Crippen molar-refractivity contribution in [2.24, 2.45) is 4.99 Å². The van der Waals surface area contributed by atoms with Gasteiger partial charge in [0.1, 0.15) is 0 Å². The van der Waals surface area contributed by atoms with Crippen LogP contribution in [0.25, 0.3) is 0 Å². The highest BCUT2D eigenvalue weighted by Gasteiger charge is 2.25. The summed E-state index contributed by atoms with van der Waals surface area (Å²) in [4.78, 5) is 6.53. The van der Waals surface area contributed by atoms with E-state index in [1.807, 2.05) is 6.07 Å². The molecule has 1 heterocycles. The molecule has 0 radical (unpaired) electrons. The lowest BCUT2D eigenvalue weighted by molar-refractivity contribution is 0.486. The predicted molar refractivity (Wildman–Crippen MR) is 94.2 cm³/mol. The van der Waals surface area contributed by atoms with E-state index >= 15 is 0 Å². The molecule has 1 fully saturated rings. The second-order valence-corrected chi connectivity index (χ2v) is 7.71. The third kappa shape index (κ3) is 5.21. The molecule has 0 spiro atoms. The van der Waals surface area contributed by atoms with Gasteiger partial charge in [-0.3, -0.25) is 4.99 Å². The van der Waals surface area contributed by atoms with Crippen LogP contribution in [-0.4, -0.2) is 58.3 Å². The normalized spacial score (nSPS) is 19.1. The average molecular weight is 338 g/mol. The molecule has 6 nitrogen and oxygen atoms in total. The predicted octanol–water partition coefficient (Wildman–Crippen LogP) is 0.991. The molecular weight excluding hydrogens is 312 g/mol. The summed E-state index contributed by atoms with van der Waals surface area (Å²) in [5, 5.41) is 3.23. The summed E-state index contributed by atoms with van der Waals surface area (Å²) < 4.78 is 25.3. The van der Waals surface area contributed by atoms with Crippen molar-refractivity contribution in [2.45, 2.75) is 19.3 Å². The van der Waals surface area contributed by atoms with Crippen LogP contribution in [0, 0.1) is 0 Å². The molecule has 1 saturated heterocycles. The number of guanidine groups is 1. The third-order valence-corrected chi connectivity index (χ3v) is 5.48. The summed E-state index contributed by atoms with van der Waals surface area (Å²) in [5.74, 6) is 1.46. The summed E-state index contributed by atoms with van der Waals surface area (Å²) in [6.45, 7) is 4.41. The number of nitrogens with one attached hydrogen (secondary N) is 2. The minimum atomic E-state index is -3.13. The fourth-order valence-corrected chi connectivity index (χ4v) is 3.38. The van der Waals surface area contributed by atoms with Crippen molar-refractivity contribution in [1.29, 1.82) is 0 Å². The molecule has 0 amide bonds. The minimum absolute atomic E-state index is 0.104. The molecule has 1 aliphatic heterocycles. The van der Waals surface area contributed by atoms with Gasteiger partial charge < -0.3 is 10.2 Å². The van der Waals surface area contributed by atoms with E-state index in [1.165, 1.54) is 5.56 Å². The highest BCUT2D eigenvalue weighted by Crippen LogP contribution is 2.26. The molecular formula is C16H26N4O2S. The molecule has 1 aliphatic rings. The molecule has 1 aromatic rings. The standard InChI is InChI=1S/C16H26N4O2S/c1-3-23(21,22)19-11-10-18-16(17-2)20-12-9-15(13-20)14-7-5-4-6-8-14/h4-8,15,19H,3,9-13H2,1-2H3,(H,17,18). The van der Waals surface area contributed by atoms with Crippen LogP contribution in [0.3, 0.4) is 0 Å². The summed E-state index contributed by atoms with van der Waals surface area (Å²) in [6.07, 6.45) is 1.10. The number of sulfonamides is 1. The zero-order valence-electron chi connectivity index (χ0n) is 13.8. The van der Waals surface area contributed by atoms with Gasteiger partial charge in [0.25, 0.3) is 0 Å². The lowest BCUT2D eigenvalue weighted by Crippen LogP contribution is -2.43. The number of hydrogen-bond acceptors (Lipinski definition) is 3. The summed E-state index contributed by atoms with van der Waals surface area (Å²) in [6, 6.07) is 10.5. The number of aliphatic imine (C=N–C) groups is 1. The van der Waals surface area contributed by atoms with E-state index in [-0.39, 0.29) is 5.75 Å². The van der Waals surface area contributed by atoms with Crippen molar-refractivity contribution in [1.82, 2.24) is 14.9 Å². The smallest absolute Gasteiger partial charge is 0.211 e. The average Bonchev–Trinajstić information content (AvgIpc) is 3.05. The maximum absolute atomic E-state index is 11.4. The van der Waals surface area contributed by atoms with E-state index in [4.69, 9.17) is 0 Å². The van der Waals surface area contributed by atoms with Crippen molar-refractivity contribution < 1.29 is 8.42 Å². The van der Waals surface area contributed by atoms with Crippen LogP contribution < -0.4 is 10.0 Å². The SMILES string of the molecule is CCS(=O)(=O)NCCNC(=NC)N1CCC(c2ccccc2)C1. The van der Waals surface area contributed by atoms with Gasteiger partial charge in [0, 0.05) is 39.1 Å². The summed E-state index contributed by atoms with van der Waals surface area (Å²) in [5.41, 5.74) is 1.36. The topological polar surface area (TPSA) is 73.8 Å². The Kier molecular flexibility index (Phi) is 6.41.